The van der Waals surface area contributed by atoms with Crippen LogP contribution in [0, 0.1) is 5.92 Å². The van der Waals surface area contributed by atoms with Gasteiger partial charge in [-0.2, -0.15) is 13.2 Å². The zero-order chi connectivity index (χ0) is 23.0. The molecule has 1 fully saturated rings. The first-order chi connectivity index (χ1) is 14.7. The molecule has 1 saturated heterocycles. The minimum atomic E-state index is -4.35. The Morgan fingerprint density at radius 3 is 2.45 bits per heavy atom. The van der Waals surface area contributed by atoms with E-state index in [0.717, 1.165) is 56.1 Å². The Balaban J connectivity index is 2.12. The number of carbonyl (C=O) groups excluding carboxylic acids is 1. The molecule has 0 radical (unpaired) electrons. The lowest BCUT2D eigenvalue weighted by Crippen LogP contribution is -2.49. The molecule has 174 valence electrons. The topological polar surface area (TPSA) is 74.0 Å². The largest absolute Gasteiger partial charge is 0.416 e. The van der Waals surface area contributed by atoms with Crippen LogP contribution in [-0.2, 0) is 11.0 Å². The molecule has 0 saturated carbocycles. The summed E-state index contributed by atoms with van der Waals surface area (Å²) in [6, 6.07) is 5.29. The molecule has 9 heteroatoms. The number of carbonyl (C=O) groups is 1. The fraction of sp³-hybridized carbons (Fsp3) is 0.636. The van der Waals surface area contributed by atoms with Crippen molar-refractivity contribution in [2.24, 2.45) is 16.6 Å². The predicted octanol–water partition coefficient (Wildman–Crippen LogP) is 3.25. The van der Waals surface area contributed by atoms with Crippen LogP contribution < -0.4 is 11.1 Å². The number of primary amides is 1. The number of nitrogens with zero attached hydrogens (tertiary/aromatic N) is 3. The van der Waals surface area contributed by atoms with Crippen molar-refractivity contribution >= 4 is 11.9 Å². The van der Waals surface area contributed by atoms with Gasteiger partial charge in [0, 0.05) is 33.1 Å². The first-order valence-corrected chi connectivity index (χ1v) is 10.8. The molecule has 2 unspecified atom stereocenters. The van der Waals surface area contributed by atoms with Crippen molar-refractivity contribution in [3.05, 3.63) is 35.4 Å². The highest BCUT2D eigenvalue weighted by Gasteiger charge is 2.31. The summed E-state index contributed by atoms with van der Waals surface area (Å²) >= 11 is 0. The van der Waals surface area contributed by atoms with E-state index in [2.05, 4.69) is 20.1 Å². The van der Waals surface area contributed by atoms with Crippen molar-refractivity contribution in [2.75, 3.05) is 39.8 Å². The first-order valence-electron chi connectivity index (χ1n) is 10.8. The number of aliphatic imine (C=N–C) groups is 1. The number of nitrogens with two attached hydrogens (primary N) is 1. The SMILES string of the molecule is CCN(CC)C(CNC(=NC)N1CCCC(CC(N)=O)C1)c1ccc(C(F)(F)F)cc1. The molecule has 1 aromatic rings. The number of alkyl halides is 3. The number of benzene rings is 1. The molecule has 2 atom stereocenters. The van der Waals surface area contributed by atoms with E-state index in [4.69, 9.17) is 5.73 Å². The molecule has 31 heavy (non-hydrogen) atoms. The van der Waals surface area contributed by atoms with E-state index in [9.17, 15) is 18.0 Å². The van der Waals surface area contributed by atoms with Gasteiger partial charge in [-0.05, 0) is 49.5 Å². The molecule has 3 N–H and O–H groups in total. The molecule has 6 nitrogen and oxygen atoms in total. The number of likely N-dealkylation sites (tertiary alicyclic amines) is 1. The maximum atomic E-state index is 13.0. The summed E-state index contributed by atoms with van der Waals surface area (Å²) in [4.78, 5) is 20.0. The molecule has 1 aromatic carbocycles. The van der Waals surface area contributed by atoms with Gasteiger partial charge >= 0.3 is 6.18 Å². The average Bonchev–Trinajstić information content (AvgIpc) is 2.73. The van der Waals surface area contributed by atoms with Crippen LogP contribution in [0.25, 0.3) is 0 Å². The zero-order valence-corrected chi connectivity index (χ0v) is 18.6. The number of likely N-dealkylation sites (N-methyl/N-ethyl adjacent to an activating group) is 1. The number of nitrogens with one attached hydrogen (secondary N) is 1. The lowest BCUT2D eigenvalue weighted by molar-refractivity contribution is -0.137. The van der Waals surface area contributed by atoms with Gasteiger partial charge in [0.05, 0.1) is 11.6 Å². The van der Waals surface area contributed by atoms with E-state index in [-0.39, 0.29) is 17.9 Å². The predicted molar refractivity (Wildman–Crippen MR) is 117 cm³/mol. The molecular formula is C22H34F3N5O. The second-order valence-corrected chi connectivity index (χ2v) is 7.91. The van der Waals surface area contributed by atoms with Gasteiger partial charge < -0.3 is 16.0 Å². The highest BCUT2D eigenvalue weighted by atomic mass is 19.4. The molecule has 0 aromatic heterocycles. The quantitative estimate of drug-likeness (QED) is 0.480. The minimum Gasteiger partial charge on any atom is -0.370 e. The Labute approximate surface area is 182 Å². The number of guanidine groups is 1. The molecule has 1 heterocycles. The zero-order valence-electron chi connectivity index (χ0n) is 18.6. The Morgan fingerprint density at radius 2 is 1.94 bits per heavy atom. The summed E-state index contributed by atoms with van der Waals surface area (Å²) in [6.45, 7) is 7.67. The summed E-state index contributed by atoms with van der Waals surface area (Å²) in [5.74, 6) is 0.648. The van der Waals surface area contributed by atoms with Gasteiger partial charge in [-0.15, -0.1) is 0 Å². The van der Waals surface area contributed by atoms with Crippen LogP contribution in [0.15, 0.2) is 29.3 Å². The molecule has 0 bridgehead atoms. The monoisotopic (exact) mass is 441 g/mol. The van der Waals surface area contributed by atoms with Crippen molar-refractivity contribution in [1.82, 2.24) is 15.1 Å². The Hall–Kier alpha value is -2.29. The van der Waals surface area contributed by atoms with Crippen molar-refractivity contribution in [3.8, 4) is 0 Å². The summed E-state index contributed by atoms with van der Waals surface area (Å²) < 4.78 is 38.9. The summed E-state index contributed by atoms with van der Waals surface area (Å²) in [5, 5.41) is 3.40. The van der Waals surface area contributed by atoms with Crippen LogP contribution in [0.5, 0.6) is 0 Å². The van der Waals surface area contributed by atoms with E-state index < -0.39 is 11.7 Å². The Bertz CT molecular complexity index is 732. The summed E-state index contributed by atoms with van der Waals surface area (Å²) in [6.07, 6.45) is -2.07. The smallest absolute Gasteiger partial charge is 0.370 e. The van der Waals surface area contributed by atoms with Crippen molar-refractivity contribution in [3.63, 3.8) is 0 Å². The highest BCUT2D eigenvalue weighted by molar-refractivity contribution is 5.80. The van der Waals surface area contributed by atoms with Crippen LogP contribution in [0.3, 0.4) is 0 Å². The molecule has 1 aliphatic rings. The molecular weight excluding hydrogens is 407 g/mol. The van der Waals surface area contributed by atoms with Crippen LogP contribution >= 0.6 is 0 Å². The van der Waals surface area contributed by atoms with Crippen LogP contribution in [0.2, 0.25) is 0 Å². The number of amides is 1. The number of halogens is 3. The standard InChI is InChI=1S/C22H34F3N5O/c1-4-29(5-2)19(17-8-10-18(11-9-17)22(23,24)25)14-28-21(27-3)30-12-6-7-16(15-30)13-20(26)31/h8-11,16,19H,4-7,12-15H2,1-3H3,(H2,26,31)(H,27,28). The fourth-order valence-electron chi connectivity index (χ4n) is 4.25. The summed E-state index contributed by atoms with van der Waals surface area (Å²) in [5.41, 5.74) is 5.54. The summed E-state index contributed by atoms with van der Waals surface area (Å²) in [7, 11) is 1.71. The number of hydrogen-bond acceptors (Lipinski definition) is 3. The lowest BCUT2D eigenvalue weighted by atomic mass is 9.95. The van der Waals surface area contributed by atoms with Crippen molar-refractivity contribution < 1.29 is 18.0 Å². The molecule has 1 aliphatic heterocycles. The van der Waals surface area contributed by atoms with Gasteiger partial charge in [0.25, 0.3) is 0 Å². The van der Waals surface area contributed by atoms with Crippen molar-refractivity contribution in [2.45, 2.75) is 45.3 Å². The molecule has 2 rings (SSSR count). The second-order valence-electron chi connectivity index (χ2n) is 7.91. The Morgan fingerprint density at radius 1 is 1.29 bits per heavy atom. The van der Waals surface area contributed by atoms with Gasteiger partial charge in [-0.1, -0.05) is 26.0 Å². The van der Waals surface area contributed by atoms with E-state index in [1.54, 1.807) is 19.2 Å². The van der Waals surface area contributed by atoms with E-state index in [1.165, 1.54) is 0 Å². The van der Waals surface area contributed by atoms with Crippen LogP contribution in [0.1, 0.15) is 50.3 Å². The van der Waals surface area contributed by atoms with E-state index in [0.29, 0.717) is 19.5 Å². The van der Waals surface area contributed by atoms with Gasteiger partial charge in [-0.3, -0.25) is 14.7 Å². The normalized spacial score (nSPS) is 18.9. The maximum Gasteiger partial charge on any atom is 0.416 e. The number of hydrogen-bond donors (Lipinski definition) is 2. The fourth-order valence-corrected chi connectivity index (χ4v) is 4.25. The van der Waals surface area contributed by atoms with E-state index in [1.807, 2.05) is 13.8 Å². The van der Waals surface area contributed by atoms with Crippen LogP contribution in [0.4, 0.5) is 13.2 Å². The average molecular weight is 442 g/mol. The Kier molecular flexibility index (Phi) is 9.15. The third-order valence-corrected chi connectivity index (χ3v) is 5.85. The third kappa shape index (κ3) is 7.12. The minimum absolute atomic E-state index is 0.0970. The van der Waals surface area contributed by atoms with Crippen LogP contribution in [-0.4, -0.2) is 61.4 Å². The highest BCUT2D eigenvalue weighted by Crippen LogP contribution is 2.31. The molecule has 1 amide bonds. The second kappa shape index (κ2) is 11.4. The van der Waals surface area contributed by atoms with Gasteiger partial charge in [0.15, 0.2) is 5.96 Å². The maximum absolute atomic E-state index is 13.0. The number of piperidine rings is 1. The lowest BCUT2D eigenvalue weighted by Gasteiger charge is -2.36. The molecule has 0 spiro atoms. The third-order valence-electron chi connectivity index (χ3n) is 5.85. The van der Waals surface area contributed by atoms with Gasteiger partial charge in [-0.25, -0.2) is 0 Å². The molecule has 0 aliphatic carbocycles. The number of rotatable bonds is 8. The first kappa shape index (κ1) is 25.0. The van der Waals surface area contributed by atoms with Gasteiger partial charge in [0.1, 0.15) is 0 Å². The van der Waals surface area contributed by atoms with E-state index >= 15 is 0 Å². The van der Waals surface area contributed by atoms with Gasteiger partial charge in [0.2, 0.25) is 5.91 Å². The van der Waals surface area contributed by atoms with Crippen molar-refractivity contribution in [1.29, 1.82) is 0 Å².